The van der Waals surface area contributed by atoms with Gasteiger partial charge in [-0.2, -0.15) is 0 Å². The molecule has 3 aromatic carbocycles. The van der Waals surface area contributed by atoms with E-state index in [1.54, 1.807) is 18.2 Å². The van der Waals surface area contributed by atoms with E-state index in [1.807, 2.05) is 30.3 Å². The number of hydrogen-bond acceptors (Lipinski definition) is 6. The van der Waals surface area contributed by atoms with Crippen molar-refractivity contribution in [2.75, 3.05) is 5.32 Å². The minimum atomic E-state index is -1.51. The standard InChI is InChI=1S/C23H16ClN3O5/c1-13-16(8-5-9-19(13)27(30)31)23(29)32-22-21(28)25-18-11-10-15(24)12-17(18)20(26-22)14-6-3-2-4-7-14/h2-12,22H,1H3,(H,25,28). The van der Waals surface area contributed by atoms with E-state index in [0.717, 1.165) is 0 Å². The maximum absolute atomic E-state index is 12.8. The van der Waals surface area contributed by atoms with Gasteiger partial charge in [-0.05, 0) is 31.2 Å². The van der Waals surface area contributed by atoms with Gasteiger partial charge in [0.25, 0.3) is 17.8 Å². The molecule has 1 aliphatic heterocycles. The van der Waals surface area contributed by atoms with Crippen LogP contribution in [-0.4, -0.2) is 28.7 Å². The molecule has 0 fully saturated rings. The van der Waals surface area contributed by atoms with Crippen LogP contribution in [0.5, 0.6) is 0 Å². The Morgan fingerprint density at radius 1 is 1.12 bits per heavy atom. The largest absolute Gasteiger partial charge is 0.426 e. The first-order valence-corrected chi connectivity index (χ1v) is 9.92. The van der Waals surface area contributed by atoms with Gasteiger partial charge in [0.2, 0.25) is 0 Å². The highest BCUT2D eigenvalue weighted by atomic mass is 35.5. The second-order valence-electron chi connectivity index (χ2n) is 6.99. The number of rotatable bonds is 4. The maximum Gasteiger partial charge on any atom is 0.341 e. The first-order valence-electron chi connectivity index (χ1n) is 9.54. The van der Waals surface area contributed by atoms with Crippen molar-refractivity contribution >= 4 is 40.6 Å². The van der Waals surface area contributed by atoms with Crippen LogP contribution in [0.25, 0.3) is 0 Å². The van der Waals surface area contributed by atoms with Gasteiger partial charge in [-0.25, -0.2) is 9.79 Å². The number of carbonyl (C=O) groups excluding carboxylic acids is 2. The van der Waals surface area contributed by atoms with Gasteiger partial charge in [0.05, 0.1) is 21.9 Å². The molecule has 9 heteroatoms. The zero-order chi connectivity index (χ0) is 22.8. The molecule has 0 bridgehead atoms. The predicted molar refractivity (Wildman–Crippen MR) is 119 cm³/mol. The topological polar surface area (TPSA) is 111 Å². The molecule has 160 valence electrons. The molecule has 0 saturated heterocycles. The van der Waals surface area contributed by atoms with Crippen LogP contribution in [0.4, 0.5) is 11.4 Å². The summed E-state index contributed by atoms with van der Waals surface area (Å²) in [4.78, 5) is 40.7. The molecule has 0 saturated carbocycles. The molecule has 8 nitrogen and oxygen atoms in total. The van der Waals surface area contributed by atoms with E-state index in [1.165, 1.54) is 25.1 Å². The zero-order valence-electron chi connectivity index (χ0n) is 16.7. The van der Waals surface area contributed by atoms with Crippen molar-refractivity contribution < 1.29 is 19.2 Å². The third-order valence-electron chi connectivity index (χ3n) is 4.95. The SMILES string of the molecule is Cc1c(C(=O)OC2N=C(c3ccccc3)c3cc(Cl)ccc3NC2=O)cccc1[N+](=O)[O-]. The fraction of sp³-hybridized carbons (Fsp3) is 0.0870. The number of ether oxygens (including phenoxy) is 1. The van der Waals surface area contributed by atoms with Crippen LogP contribution in [0.15, 0.2) is 71.7 Å². The van der Waals surface area contributed by atoms with Gasteiger partial charge < -0.3 is 10.1 Å². The number of nitrogens with zero attached hydrogens (tertiary/aromatic N) is 2. The lowest BCUT2D eigenvalue weighted by Gasteiger charge is -2.13. The number of nitrogens with one attached hydrogen (secondary N) is 1. The van der Waals surface area contributed by atoms with E-state index in [-0.39, 0.29) is 16.8 Å². The summed E-state index contributed by atoms with van der Waals surface area (Å²) in [5.41, 5.74) is 2.04. The summed E-state index contributed by atoms with van der Waals surface area (Å²) in [5.74, 6) is -1.55. The number of benzene rings is 3. The molecule has 3 aromatic rings. The minimum Gasteiger partial charge on any atom is -0.426 e. The molecule has 1 aliphatic rings. The van der Waals surface area contributed by atoms with E-state index in [0.29, 0.717) is 27.5 Å². The van der Waals surface area contributed by atoms with Crippen molar-refractivity contribution in [2.45, 2.75) is 13.2 Å². The number of nitro groups is 1. The number of esters is 1. The molecule has 0 spiro atoms. The molecular formula is C23H16ClN3O5. The molecule has 1 amide bonds. The number of aliphatic imine (C=N–C) groups is 1. The van der Waals surface area contributed by atoms with Crippen LogP contribution < -0.4 is 5.32 Å². The van der Waals surface area contributed by atoms with Crippen molar-refractivity contribution in [3.05, 3.63) is 104 Å². The average Bonchev–Trinajstić information content (AvgIpc) is 2.90. The zero-order valence-corrected chi connectivity index (χ0v) is 17.5. The monoisotopic (exact) mass is 449 g/mol. The smallest absolute Gasteiger partial charge is 0.341 e. The molecule has 1 unspecified atom stereocenters. The van der Waals surface area contributed by atoms with Crippen LogP contribution in [0.2, 0.25) is 5.02 Å². The Bertz CT molecular complexity index is 1270. The summed E-state index contributed by atoms with van der Waals surface area (Å²) in [6.45, 7) is 1.44. The fourth-order valence-corrected chi connectivity index (χ4v) is 3.55. The molecule has 0 aromatic heterocycles. The van der Waals surface area contributed by atoms with Crippen molar-refractivity contribution in [1.29, 1.82) is 0 Å². The van der Waals surface area contributed by atoms with Gasteiger partial charge in [0.1, 0.15) is 0 Å². The average molecular weight is 450 g/mol. The van der Waals surface area contributed by atoms with Crippen LogP contribution in [0, 0.1) is 17.0 Å². The lowest BCUT2D eigenvalue weighted by molar-refractivity contribution is -0.385. The summed E-state index contributed by atoms with van der Waals surface area (Å²) in [6, 6.07) is 18.1. The number of amides is 1. The second kappa shape index (κ2) is 8.60. The third-order valence-corrected chi connectivity index (χ3v) is 5.19. The first-order chi connectivity index (χ1) is 15.3. The molecule has 1 heterocycles. The van der Waals surface area contributed by atoms with Crippen molar-refractivity contribution in [3.63, 3.8) is 0 Å². The van der Waals surface area contributed by atoms with E-state index in [4.69, 9.17) is 16.3 Å². The predicted octanol–water partition coefficient (Wildman–Crippen LogP) is 4.53. The minimum absolute atomic E-state index is 0.0201. The summed E-state index contributed by atoms with van der Waals surface area (Å²) in [6.07, 6.45) is -1.51. The van der Waals surface area contributed by atoms with Gasteiger partial charge in [0.15, 0.2) is 0 Å². The molecule has 32 heavy (non-hydrogen) atoms. The van der Waals surface area contributed by atoms with Crippen LogP contribution >= 0.6 is 11.6 Å². The number of fused-ring (bicyclic) bond motifs is 1. The fourth-order valence-electron chi connectivity index (χ4n) is 3.37. The molecule has 0 radical (unpaired) electrons. The summed E-state index contributed by atoms with van der Waals surface area (Å²) in [7, 11) is 0. The summed E-state index contributed by atoms with van der Waals surface area (Å²) in [5, 5.41) is 14.3. The van der Waals surface area contributed by atoms with E-state index in [2.05, 4.69) is 10.3 Å². The molecule has 4 rings (SSSR count). The number of benzodiazepines with no additional fused rings is 1. The molecule has 1 atom stereocenters. The number of carbonyl (C=O) groups is 2. The summed E-state index contributed by atoms with van der Waals surface area (Å²) < 4.78 is 5.40. The molecule has 0 aliphatic carbocycles. The Labute approximate surface area is 187 Å². The lowest BCUT2D eigenvalue weighted by Crippen LogP contribution is -2.30. The van der Waals surface area contributed by atoms with Crippen LogP contribution in [-0.2, 0) is 9.53 Å². The van der Waals surface area contributed by atoms with Crippen molar-refractivity contribution in [1.82, 2.24) is 0 Å². The van der Waals surface area contributed by atoms with Gasteiger partial charge >= 0.3 is 5.97 Å². The maximum atomic E-state index is 12.8. The van der Waals surface area contributed by atoms with Crippen LogP contribution in [0.1, 0.15) is 27.0 Å². The van der Waals surface area contributed by atoms with Gasteiger partial charge in [0, 0.05) is 27.8 Å². The third kappa shape index (κ3) is 4.08. The highest BCUT2D eigenvalue weighted by Crippen LogP contribution is 2.28. The van der Waals surface area contributed by atoms with Crippen molar-refractivity contribution in [3.8, 4) is 0 Å². The van der Waals surface area contributed by atoms with Crippen LogP contribution in [0.3, 0.4) is 0 Å². The Kier molecular flexibility index (Phi) is 5.70. The Morgan fingerprint density at radius 2 is 1.88 bits per heavy atom. The quantitative estimate of drug-likeness (QED) is 0.357. The van der Waals surface area contributed by atoms with E-state index < -0.39 is 23.0 Å². The van der Waals surface area contributed by atoms with E-state index in [9.17, 15) is 19.7 Å². The number of hydrogen-bond donors (Lipinski definition) is 1. The lowest BCUT2D eigenvalue weighted by atomic mass is 10.0. The molecular weight excluding hydrogens is 434 g/mol. The first kappa shape index (κ1) is 21.2. The van der Waals surface area contributed by atoms with Crippen molar-refractivity contribution in [2.24, 2.45) is 4.99 Å². The molecule has 1 N–H and O–H groups in total. The van der Waals surface area contributed by atoms with Gasteiger partial charge in [-0.15, -0.1) is 0 Å². The highest BCUT2D eigenvalue weighted by Gasteiger charge is 2.30. The van der Waals surface area contributed by atoms with Gasteiger partial charge in [-0.3, -0.25) is 14.9 Å². The number of halogens is 1. The Balaban J connectivity index is 1.76. The Hall–Kier alpha value is -4.04. The number of anilines is 1. The van der Waals surface area contributed by atoms with E-state index >= 15 is 0 Å². The second-order valence-corrected chi connectivity index (χ2v) is 7.42. The Morgan fingerprint density at radius 3 is 2.59 bits per heavy atom. The summed E-state index contributed by atoms with van der Waals surface area (Å²) >= 11 is 6.17. The number of nitro benzene ring substituents is 1. The van der Waals surface area contributed by atoms with Gasteiger partial charge in [-0.1, -0.05) is 48.0 Å². The highest BCUT2D eigenvalue weighted by molar-refractivity contribution is 6.32. The normalized spacial score (nSPS) is 15.1.